The van der Waals surface area contributed by atoms with E-state index in [1.807, 2.05) is 0 Å². The van der Waals surface area contributed by atoms with Crippen molar-refractivity contribution in [2.75, 3.05) is 19.8 Å². The summed E-state index contributed by atoms with van der Waals surface area (Å²) in [5.41, 5.74) is 1.78. The zero-order valence-corrected chi connectivity index (χ0v) is 13.9. The fraction of sp³-hybridized carbons (Fsp3) is 0.875. The molecule has 0 N–H and O–H groups in total. The van der Waals surface area contributed by atoms with E-state index in [1.165, 1.54) is 24.8 Å². The van der Waals surface area contributed by atoms with Crippen molar-refractivity contribution in [1.29, 1.82) is 0 Å². The third-order valence-corrected chi connectivity index (χ3v) is 7.28. The molecule has 0 aromatic heterocycles. The third kappa shape index (κ3) is 1.88. The summed E-state index contributed by atoms with van der Waals surface area (Å²) in [5.74, 6) is -0.477. The van der Waals surface area contributed by atoms with Gasteiger partial charge in [0.15, 0.2) is 5.79 Å². The standard InChI is InChI=1S/C16H23BrO3/c1-3-14(4-5-14)9-19-16-7-11(2)6-15(10-20-16,13(16)17)12-8-18-12/h6,12-13H,3-5,7-10H2,1-2H3/t12-,13-,15-,16-/m0/s1. The first-order valence-electron chi connectivity index (χ1n) is 7.76. The normalized spacial score (nSPS) is 48.0. The van der Waals surface area contributed by atoms with Gasteiger partial charge in [0.2, 0.25) is 0 Å². The fourth-order valence-electron chi connectivity index (χ4n) is 3.88. The van der Waals surface area contributed by atoms with Crippen molar-refractivity contribution in [2.45, 2.75) is 56.2 Å². The highest BCUT2D eigenvalue weighted by atomic mass is 79.9. The topological polar surface area (TPSA) is 31.0 Å². The van der Waals surface area contributed by atoms with Gasteiger partial charge in [-0.25, -0.2) is 0 Å². The quantitative estimate of drug-likeness (QED) is 0.435. The Morgan fingerprint density at radius 2 is 2.20 bits per heavy atom. The lowest BCUT2D eigenvalue weighted by Crippen LogP contribution is -2.49. The second-order valence-corrected chi connectivity index (χ2v) is 8.12. The van der Waals surface area contributed by atoms with Crippen LogP contribution in [0.1, 0.15) is 39.5 Å². The smallest absolute Gasteiger partial charge is 0.185 e. The minimum Gasteiger partial charge on any atom is -0.372 e. The Balaban J connectivity index is 1.57. The van der Waals surface area contributed by atoms with Crippen LogP contribution in [0.25, 0.3) is 0 Å². The zero-order chi connectivity index (χ0) is 14.0. The van der Waals surface area contributed by atoms with Crippen molar-refractivity contribution in [3.8, 4) is 0 Å². The van der Waals surface area contributed by atoms with Crippen LogP contribution in [0.15, 0.2) is 11.6 Å². The molecule has 0 spiro atoms. The molecule has 4 aliphatic rings. The minimum atomic E-state index is -0.477. The summed E-state index contributed by atoms with van der Waals surface area (Å²) in [6.45, 7) is 6.85. The summed E-state index contributed by atoms with van der Waals surface area (Å²) in [5, 5.41) is 0. The Hall–Kier alpha value is 0.100. The van der Waals surface area contributed by atoms with Crippen molar-refractivity contribution in [2.24, 2.45) is 10.8 Å². The predicted molar refractivity (Wildman–Crippen MR) is 79.9 cm³/mol. The van der Waals surface area contributed by atoms with E-state index in [1.54, 1.807) is 0 Å². The van der Waals surface area contributed by atoms with Gasteiger partial charge in [-0.15, -0.1) is 0 Å². The Kier molecular flexibility index (Phi) is 2.96. The number of rotatable bonds is 5. The van der Waals surface area contributed by atoms with E-state index in [9.17, 15) is 0 Å². The van der Waals surface area contributed by atoms with Crippen molar-refractivity contribution >= 4 is 15.9 Å². The van der Waals surface area contributed by atoms with Crippen LogP contribution in [0, 0.1) is 10.8 Å². The van der Waals surface area contributed by atoms with Gasteiger partial charge in [-0.1, -0.05) is 34.5 Å². The number of alkyl halides is 1. The number of halogens is 1. The predicted octanol–water partition coefficient (Wildman–Crippen LogP) is 3.42. The summed E-state index contributed by atoms with van der Waals surface area (Å²) in [6, 6.07) is 0. The lowest BCUT2D eigenvalue weighted by Gasteiger charge is -2.40. The highest BCUT2D eigenvalue weighted by Gasteiger charge is 2.66. The molecular weight excluding hydrogens is 320 g/mol. The van der Waals surface area contributed by atoms with E-state index in [2.05, 4.69) is 35.9 Å². The second-order valence-electron chi connectivity index (χ2n) is 7.21. The molecule has 2 aliphatic heterocycles. The number of hydrogen-bond donors (Lipinski definition) is 0. The molecule has 0 aromatic rings. The van der Waals surface area contributed by atoms with Crippen LogP contribution >= 0.6 is 15.9 Å². The van der Waals surface area contributed by atoms with Gasteiger partial charge in [-0.05, 0) is 31.6 Å². The van der Waals surface area contributed by atoms with Crippen molar-refractivity contribution in [1.82, 2.24) is 0 Å². The van der Waals surface area contributed by atoms with E-state index in [-0.39, 0.29) is 10.2 Å². The molecule has 4 rings (SSSR count). The highest BCUT2D eigenvalue weighted by molar-refractivity contribution is 9.09. The maximum atomic E-state index is 6.40. The van der Waals surface area contributed by atoms with Crippen molar-refractivity contribution < 1.29 is 14.2 Å². The molecule has 0 unspecified atom stereocenters. The van der Waals surface area contributed by atoms with Crippen LogP contribution in [0.2, 0.25) is 0 Å². The lowest BCUT2D eigenvalue weighted by molar-refractivity contribution is -0.213. The van der Waals surface area contributed by atoms with Gasteiger partial charge in [0.1, 0.15) is 0 Å². The molecule has 0 amide bonds. The van der Waals surface area contributed by atoms with E-state index in [4.69, 9.17) is 14.2 Å². The molecular formula is C16H23BrO3. The first-order chi connectivity index (χ1) is 9.54. The molecule has 3 nitrogen and oxygen atoms in total. The molecule has 2 aliphatic carbocycles. The molecule has 3 fully saturated rings. The van der Waals surface area contributed by atoms with Gasteiger partial charge >= 0.3 is 0 Å². The summed E-state index contributed by atoms with van der Waals surface area (Å²) in [6.07, 6.45) is 7.36. The maximum Gasteiger partial charge on any atom is 0.185 e. The van der Waals surface area contributed by atoms with Crippen molar-refractivity contribution in [3.63, 3.8) is 0 Å². The van der Waals surface area contributed by atoms with Gasteiger partial charge in [-0.3, -0.25) is 0 Å². The molecule has 4 atom stereocenters. The maximum absolute atomic E-state index is 6.40. The Labute approximate surface area is 129 Å². The van der Waals surface area contributed by atoms with E-state index in [0.717, 1.165) is 19.6 Å². The van der Waals surface area contributed by atoms with Crippen LogP contribution in [0.5, 0.6) is 0 Å². The number of fused-ring (bicyclic) bond motifs is 2. The van der Waals surface area contributed by atoms with E-state index >= 15 is 0 Å². The average molecular weight is 343 g/mol. The largest absolute Gasteiger partial charge is 0.372 e. The van der Waals surface area contributed by atoms with Gasteiger partial charge < -0.3 is 14.2 Å². The highest BCUT2D eigenvalue weighted by Crippen LogP contribution is 2.59. The molecule has 2 bridgehead atoms. The lowest BCUT2D eigenvalue weighted by atomic mass is 9.74. The first-order valence-corrected chi connectivity index (χ1v) is 8.68. The van der Waals surface area contributed by atoms with Gasteiger partial charge in [0.05, 0.1) is 36.2 Å². The summed E-state index contributed by atoms with van der Waals surface area (Å²) in [7, 11) is 0. The van der Waals surface area contributed by atoms with Crippen LogP contribution in [-0.2, 0) is 14.2 Å². The minimum absolute atomic E-state index is 0.0226. The fourth-order valence-corrected chi connectivity index (χ4v) is 4.87. The first kappa shape index (κ1) is 13.7. The molecule has 1 saturated carbocycles. The molecule has 4 heteroatoms. The summed E-state index contributed by atoms with van der Waals surface area (Å²) < 4.78 is 18.2. The molecule has 2 saturated heterocycles. The van der Waals surface area contributed by atoms with E-state index < -0.39 is 5.79 Å². The van der Waals surface area contributed by atoms with Crippen molar-refractivity contribution in [3.05, 3.63) is 11.6 Å². The van der Waals surface area contributed by atoms with Crippen LogP contribution in [0.4, 0.5) is 0 Å². The average Bonchev–Trinajstić information content (AvgIpc) is 3.31. The Bertz CT molecular complexity index is 455. The number of ether oxygens (including phenoxy) is 3. The monoisotopic (exact) mass is 342 g/mol. The summed E-state index contributed by atoms with van der Waals surface area (Å²) in [4.78, 5) is 0.200. The van der Waals surface area contributed by atoms with Gasteiger partial charge in [0, 0.05) is 6.42 Å². The van der Waals surface area contributed by atoms with Gasteiger partial charge in [0.25, 0.3) is 0 Å². The van der Waals surface area contributed by atoms with E-state index in [0.29, 0.717) is 18.1 Å². The Morgan fingerprint density at radius 1 is 1.45 bits per heavy atom. The number of hydrogen-bond acceptors (Lipinski definition) is 3. The SMILES string of the molecule is CCC1(CO[C@@]23CC(C)=C[C@@]([C@@H]4CO4)(CO2)[C@@H]3Br)CC1. The second kappa shape index (κ2) is 4.31. The molecule has 20 heavy (non-hydrogen) atoms. The zero-order valence-electron chi connectivity index (χ0n) is 12.3. The number of epoxide rings is 1. The van der Waals surface area contributed by atoms with Crippen LogP contribution < -0.4 is 0 Å². The summed E-state index contributed by atoms with van der Waals surface area (Å²) >= 11 is 3.90. The van der Waals surface area contributed by atoms with Crippen LogP contribution in [-0.4, -0.2) is 36.5 Å². The molecule has 0 aromatic carbocycles. The molecule has 0 radical (unpaired) electrons. The van der Waals surface area contributed by atoms with Gasteiger partial charge in [-0.2, -0.15) is 0 Å². The molecule has 2 heterocycles. The third-order valence-electron chi connectivity index (χ3n) is 5.73. The molecule has 112 valence electrons. The Morgan fingerprint density at radius 3 is 2.80 bits per heavy atom. The van der Waals surface area contributed by atoms with Crippen LogP contribution in [0.3, 0.4) is 0 Å².